The van der Waals surface area contributed by atoms with Crippen LogP contribution in [0, 0.1) is 47.3 Å². The number of fused-ring (bicyclic) bond motifs is 10. The molecule has 0 radical (unpaired) electrons. The predicted molar refractivity (Wildman–Crippen MR) is 95.5 cm³/mol. The zero-order valence-electron chi connectivity index (χ0n) is 14.4. The molecule has 0 heterocycles. The van der Waals surface area contributed by atoms with Crippen molar-refractivity contribution >= 4 is 11.6 Å². The van der Waals surface area contributed by atoms with E-state index in [4.69, 9.17) is 0 Å². The first-order valence-corrected chi connectivity index (χ1v) is 10.1. The second-order valence-electron chi connectivity index (χ2n) is 9.07. The van der Waals surface area contributed by atoms with Crippen molar-refractivity contribution in [1.29, 1.82) is 0 Å². The molecule has 128 valence electrons. The van der Waals surface area contributed by atoms with Crippen LogP contribution in [0.4, 0.5) is 0 Å². The van der Waals surface area contributed by atoms with Crippen molar-refractivity contribution < 1.29 is 9.59 Å². The number of rotatable bonds is 4. The molecule has 6 aliphatic carbocycles. The molecular formula is C23H24O2. The highest BCUT2D eigenvalue weighted by Crippen LogP contribution is 2.55. The van der Waals surface area contributed by atoms with Crippen LogP contribution in [-0.2, 0) is 9.59 Å². The van der Waals surface area contributed by atoms with Crippen LogP contribution in [0.1, 0.15) is 32.1 Å². The van der Waals surface area contributed by atoms with E-state index in [2.05, 4.69) is 36.5 Å². The number of carbonyl (C=O) groups is 2. The fraction of sp³-hybridized carbons (Fsp3) is 0.565. The van der Waals surface area contributed by atoms with Gasteiger partial charge in [-0.3, -0.25) is 9.59 Å². The summed E-state index contributed by atoms with van der Waals surface area (Å²) in [6.07, 6.45) is 18.8. The van der Waals surface area contributed by atoms with Crippen molar-refractivity contribution in [3.63, 3.8) is 0 Å². The number of hydrogen-bond donors (Lipinski definition) is 0. The second kappa shape index (κ2) is 4.93. The van der Waals surface area contributed by atoms with Crippen molar-refractivity contribution in [3.05, 3.63) is 47.6 Å². The standard InChI is InChI=1S/C23H24O2/c24-22-16(10-18-12-4-6-14(8-12)20(18)22)2-1-3-17-11-19-13-5-7-15(9-13)21(19)23(17)25/h4-7,10-15,18-21H,1-3,8-9H2/t12-,13+,14+,15-,18?,19?,20?,21?. The molecule has 0 aromatic rings. The molecule has 0 aromatic heterocycles. The Morgan fingerprint density at radius 3 is 1.56 bits per heavy atom. The smallest absolute Gasteiger partial charge is 0.162 e. The Morgan fingerprint density at radius 1 is 0.680 bits per heavy atom. The lowest BCUT2D eigenvalue weighted by Crippen LogP contribution is -2.21. The molecule has 6 rings (SSSR count). The average Bonchev–Trinajstić information content (AvgIpc) is 3.39. The van der Waals surface area contributed by atoms with Gasteiger partial charge in [-0.15, -0.1) is 0 Å². The molecule has 0 spiro atoms. The number of allylic oxidation sites excluding steroid dienone is 8. The number of ketones is 2. The van der Waals surface area contributed by atoms with Crippen molar-refractivity contribution in [2.75, 3.05) is 0 Å². The van der Waals surface area contributed by atoms with Crippen molar-refractivity contribution in [2.24, 2.45) is 47.3 Å². The summed E-state index contributed by atoms with van der Waals surface area (Å²) in [5, 5.41) is 0. The SMILES string of the molecule is O=C1C(CCCC2=CC3C(C2=O)[C@H]2C=C[C@@H]3C2)=CC2C1[C@@H]1C=C[C@H]2C1. The van der Waals surface area contributed by atoms with Gasteiger partial charge in [0.15, 0.2) is 11.6 Å². The van der Waals surface area contributed by atoms with Crippen LogP contribution in [0.2, 0.25) is 0 Å². The first kappa shape index (κ1) is 14.5. The van der Waals surface area contributed by atoms with E-state index in [1.807, 2.05) is 0 Å². The van der Waals surface area contributed by atoms with Crippen molar-refractivity contribution in [3.8, 4) is 0 Å². The van der Waals surface area contributed by atoms with E-state index in [-0.39, 0.29) is 11.8 Å². The Hall–Kier alpha value is -1.70. The zero-order valence-corrected chi connectivity index (χ0v) is 14.4. The number of carbonyl (C=O) groups excluding carboxylic acids is 2. The highest BCUT2D eigenvalue weighted by atomic mass is 16.1. The Bertz CT molecular complexity index is 729. The maximum atomic E-state index is 12.7. The molecule has 8 atom stereocenters. The molecule has 4 unspecified atom stereocenters. The van der Waals surface area contributed by atoms with E-state index in [1.165, 1.54) is 12.8 Å². The van der Waals surface area contributed by atoms with E-state index in [9.17, 15) is 9.59 Å². The number of Topliss-reactive ketones (excluding diaryl/α,β-unsaturated/α-hetero) is 2. The van der Waals surface area contributed by atoms with Crippen LogP contribution in [0.25, 0.3) is 0 Å². The minimum atomic E-state index is 0.249. The molecule has 0 amide bonds. The van der Waals surface area contributed by atoms with Gasteiger partial charge in [-0.1, -0.05) is 36.5 Å². The molecule has 6 aliphatic rings. The topological polar surface area (TPSA) is 34.1 Å². The highest BCUT2D eigenvalue weighted by molar-refractivity contribution is 6.02. The molecule has 2 fully saturated rings. The molecule has 2 saturated carbocycles. The molecule has 0 saturated heterocycles. The highest BCUT2D eigenvalue weighted by Gasteiger charge is 2.52. The molecule has 25 heavy (non-hydrogen) atoms. The lowest BCUT2D eigenvalue weighted by molar-refractivity contribution is -0.120. The van der Waals surface area contributed by atoms with Gasteiger partial charge in [-0.05, 0) is 78.8 Å². The summed E-state index contributed by atoms with van der Waals surface area (Å²) >= 11 is 0. The molecule has 0 aliphatic heterocycles. The summed E-state index contributed by atoms with van der Waals surface area (Å²) in [7, 11) is 0. The van der Waals surface area contributed by atoms with Gasteiger partial charge in [0.25, 0.3) is 0 Å². The Morgan fingerprint density at radius 2 is 1.12 bits per heavy atom. The number of hydrogen-bond acceptors (Lipinski definition) is 2. The lowest BCUT2D eigenvalue weighted by Gasteiger charge is -2.18. The first-order chi connectivity index (χ1) is 12.2. The molecule has 0 aromatic carbocycles. The minimum absolute atomic E-state index is 0.249. The zero-order chi connectivity index (χ0) is 16.7. The van der Waals surface area contributed by atoms with Crippen LogP contribution in [-0.4, -0.2) is 11.6 Å². The molecule has 2 nitrogen and oxygen atoms in total. The summed E-state index contributed by atoms with van der Waals surface area (Å²) in [5.74, 6) is 4.49. The first-order valence-electron chi connectivity index (χ1n) is 10.1. The van der Waals surface area contributed by atoms with Gasteiger partial charge in [-0.25, -0.2) is 0 Å². The summed E-state index contributed by atoms with van der Waals surface area (Å²) in [5.41, 5.74) is 2.11. The maximum absolute atomic E-state index is 12.7. The fourth-order valence-corrected chi connectivity index (χ4v) is 6.85. The van der Waals surface area contributed by atoms with Crippen LogP contribution in [0.3, 0.4) is 0 Å². The van der Waals surface area contributed by atoms with E-state index in [0.29, 0.717) is 47.1 Å². The van der Waals surface area contributed by atoms with E-state index < -0.39 is 0 Å². The quantitative estimate of drug-likeness (QED) is 0.728. The van der Waals surface area contributed by atoms with E-state index >= 15 is 0 Å². The van der Waals surface area contributed by atoms with Gasteiger partial charge in [0.1, 0.15) is 0 Å². The Kier molecular flexibility index (Phi) is 2.85. The monoisotopic (exact) mass is 332 g/mol. The Balaban J connectivity index is 1.11. The molecule has 2 heteroatoms. The average molecular weight is 332 g/mol. The summed E-state index contributed by atoms with van der Waals surface area (Å²) in [4.78, 5) is 25.5. The summed E-state index contributed by atoms with van der Waals surface area (Å²) in [6, 6.07) is 0. The van der Waals surface area contributed by atoms with Crippen LogP contribution in [0.5, 0.6) is 0 Å². The summed E-state index contributed by atoms with van der Waals surface area (Å²) in [6.45, 7) is 0. The largest absolute Gasteiger partial charge is 0.294 e. The van der Waals surface area contributed by atoms with Crippen LogP contribution >= 0.6 is 0 Å². The van der Waals surface area contributed by atoms with Crippen LogP contribution in [0.15, 0.2) is 47.6 Å². The van der Waals surface area contributed by atoms with Crippen LogP contribution < -0.4 is 0 Å². The fourth-order valence-electron chi connectivity index (χ4n) is 6.85. The normalized spacial score (nSPS) is 47.7. The van der Waals surface area contributed by atoms with Gasteiger partial charge in [0.2, 0.25) is 0 Å². The van der Waals surface area contributed by atoms with Crippen molar-refractivity contribution in [1.82, 2.24) is 0 Å². The summed E-state index contributed by atoms with van der Waals surface area (Å²) < 4.78 is 0. The Labute approximate surface area is 148 Å². The third-order valence-electron chi connectivity index (χ3n) is 7.96. The van der Waals surface area contributed by atoms with Gasteiger partial charge < -0.3 is 0 Å². The molecule has 0 N–H and O–H groups in total. The maximum Gasteiger partial charge on any atom is 0.162 e. The van der Waals surface area contributed by atoms with Crippen molar-refractivity contribution in [2.45, 2.75) is 32.1 Å². The van der Waals surface area contributed by atoms with E-state index in [0.717, 1.165) is 30.4 Å². The third kappa shape index (κ3) is 1.86. The van der Waals surface area contributed by atoms with E-state index in [1.54, 1.807) is 0 Å². The lowest BCUT2D eigenvalue weighted by atomic mass is 9.84. The second-order valence-corrected chi connectivity index (χ2v) is 9.07. The minimum Gasteiger partial charge on any atom is -0.294 e. The molecule has 4 bridgehead atoms. The van der Waals surface area contributed by atoms with Gasteiger partial charge >= 0.3 is 0 Å². The van der Waals surface area contributed by atoms with Gasteiger partial charge in [-0.2, -0.15) is 0 Å². The third-order valence-corrected chi connectivity index (χ3v) is 7.96. The van der Waals surface area contributed by atoms with Gasteiger partial charge in [0, 0.05) is 11.8 Å². The predicted octanol–water partition coefficient (Wildman–Crippen LogP) is 4.05. The molecular weight excluding hydrogens is 308 g/mol. The van der Waals surface area contributed by atoms with Gasteiger partial charge in [0.05, 0.1) is 0 Å².